The van der Waals surface area contributed by atoms with Gasteiger partial charge in [-0.05, 0) is 97.3 Å². The van der Waals surface area contributed by atoms with E-state index in [9.17, 15) is 14.4 Å². The van der Waals surface area contributed by atoms with E-state index in [1.165, 1.54) is 0 Å². The third kappa shape index (κ3) is 10.4. The van der Waals surface area contributed by atoms with E-state index >= 15 is 0 Å². The predicted octanol–water partition coefficient (Wildman–Crippen LogP) is 6.22. The largest absolute Gasteiger partial charge is 0.444 e. The molecule has 1 aromatic carbocycles. The predicted molar refractivity (Wildman–Crippen MR) is 150 cm³/mol. The number of nitrogens with zero attached hydrogens (tertiary/aromatic N) is 1. The van der Waals surface area contributed by atoms with Crippen LogP contribution < -0.4 is 10.6 Å². The summed E-state index contributed by atoms with van der Waals surface area (Å²) >= 11 is 0. The fourth-order valence-corrected chi connectivity index (χ4v) is 4.40. The van der Waals surface area contributed by atoms with Crippen molar-refractivity contribution in [1.82, 2.24) is 15.5 Å². The Kier molecular flexibility index (Phi) is 12.6. The zero-order chi connectivity index (χ0) is 28.5. The summed E-state index contributed by atoms with van der Waals surface area (Å²) < 4.78 is 5.38. The smallest absolute Gasteiger partial charge is 0.408 e. The van der Waals surface area contributed by atoms with Gasteiger partial charge in [0.1, 0.15) is 17.7 Å². The van der Waals surface area contributed by atoms with E-state index in [-0.39, 0.29) is 23.9 Å². The number of aryl methyl sites for hydroxylation is 1. The SMILES string of the molecule is CCCC(C)NC(=O)C(c1cccc(C)c1C)N(C(=O)C(C)NC(=O)OC(C)(C)C)C(C)CCC(C)C. The lowest BCUT2D eigenvalue weighted by atomic mass is 9.92. The molecule has 0 heterocycles. The van der Waals surface area contributed by atoms with Crippen LogP contribution in [0.25, 0.3) is 0 Å². The molecule has 7 nitrogen and oxygen atoms in total. The maximum absolute atomic E-state index is 14.0. The van der Waals surface area contributed by atoms with E-state index in [0.717, 1.165) is 42.4 Å². The van der Waals surface area contributed by atoms with Crippen LogP contribution in [-0.4, -0.2) is 46.5 Å². The minimum Gasteiger partial charge on any atom is -0.444 e. The number of ether oxygens (including phenoxy) is 1. The molecule has 0 fully saturated rings. The van der Waals surface area contributed by atoms with Gasteiger partial charge in [-0.3, -0.25) is 9.59 Å². The van der Waals surface area contributed by atoms with Crippen LogP contribution in [0.2, 0.25) is 0 Å². The highest BCUT2D eigenvalue weighted by atomic mass is 16.6. The van der Waals surface area contributed by atoms with Gasteiger partial charge in [-0.2, -0.15) is 0 Å². The molecule has 2 N–H and O–H groups in total. The number of alkyl carbamates (subject to hydrolysis) is 1. The number of hydrogen-bond acceptors (Lipinski definition) is 4. The Morgan fingerprint density at radius 3 is 2.11 bits per heavy atom. The third-order valence-electron chi connectivity index (χ3n) is 6.57. The number of carbonyl (C=O) groups excluding carboxylic acids is 3. The van der Waals surface area contributed by atoms with E-state index < -0.39 is 23.8 Å². The molecule has 1 aromatic rings. The minimum absolute atomic E-state index is 0.0228. The highest BCUT2D eigenvalue weighted by molar-refractivity contribution is 5.92. The van der Waals surface area contributed by atoms with Gasteiger partial charge in [0.2, 0.25) is 11.8 Å². The van der Waals surface area contributed by atoms with Gasteiger partial charge in [-0.15, -0.1) is 0 Å². The molecule has 0 aliphatic rings. The standard InChI is InChI=1S/C30H51N3O4/c1-12-14-21(5)31-27(34)26(25-16-13-15-20(4)23(25)7)33(22(6)18-17-19(2)3)28(35)24(8)32-29(36)37-30(9,10)11/h13,15-16,19,21-22,24,26H,12,14,17-18H2,1-11H3,(H,31,34)(H,32,36). The van der Waals surface area contributed by atoms with Crippen LogP contribution in [0.4, 0.5) is 4.79 Å². The number of amides is 3. The Morgan fingerprint density at radius 2 is 1.57 bits per heavy atom. The molecule has 0 saturated heterocycles. The Morgan fingerprint density at radius 1 is 0.946 bits per heavy atom. The minimum atomic E-state index is -0.871. The zero-order valence-corrected chi connectivity index (χ0v) is 25.0. The molecule has 4 atom stereocenters. The van der Waals surface area contributed by atoms with Gasteiger partial charge in [0.05, 0.1) is 0 Å². The molecule has 0 aliphatic carbocycles. The average molecular weight is 518 g/mol. The second-order valence-corrected chi connectivity index (χ2v) is 11.8. The van der Waals surface area contributed by atoms with Crippen LogP contribution in [0.1, 0.15) is 111 Å². The fourth-order valence-electron chi connectivity index (χ4n) is 4.40. The molecule has 0 bridgehead atoms. The van der Waals surface area contributed by atoms with Crippen molar-refractivity contribution < 1.29 is 19.1 Å². The summed E-state index contributed by atoms with van der Waals surface area (Å²) in [5.41, 5.74) is 2.15. The number of nitrogens with one attached hydrogen (secondary N) is 2. The molecule has 0 aliphatic heterocycles. The van der Waals surface area contributed by atoms with Crippen molar-refractivity contribution in [2.24, 2.45) is 5.92 Å². The van der Waals surface area contributed by atoms with Crippen LogP contribution in [0, 0.1) is 19.8 Å². The highest BCUT2D eigenvalue weighted by Gasteiger charge is 2.38. The number of rotatable bonds is 12. The van der Waals surface area contributed by atoms with Crippen LogP contribution >= 0.6 is 0 Å². The zero-order valence-electron chi connectivity index (χ0n) is 25.0. The molecule has 210 valence electrons. The first-order chi connectivity index (χ1) is 17.1. The van der Waals surface area contributed by atoms with E-state index in [1.54, 1.807) is 32.6 Å². The molecule has 0 radical (unpaired) electrons. The quantitative estimate of drug-likeness (QED) is 0.345. The van der Waals surface area contributed by atoms with E-state index in [1.807, 2.05) is 45.9 Å². The molecule has 0 saturated carbocycles. The number of benzene rings is 1. The molecule has 1 rings (SSSR count). The first-order valence-corrected chi connectivity index (χ1v) is 13.8. The first kappa shape index (κ1) is 32.5. The lowest BCUT2D eigenvalue weighted by Crippen LogP contribution is -2.55. The molecule has 0 aromatic heterocycles. The average Bonchev–Trinajstić information content (AvgIpc) is 2.76. The summed E-state index contributed by atoms with van der Waals surface area (Å²) in [6.45, 7) is 21.3. The van der Waals surface area contributed by atoms with Crippen molar-refractivity contribution in [1.29, 1.82) is 0 Å². The summed E-state index contributed by atoms with van der Waals surface area (Å²) in [6, 6.07) is 3.92. The van der Waals surface area contributed by atoms with Crippen LogP contribution in [0.5, 0.6) is 0 Å². The van der Waals surface area contributed by atoms with Gasteiger partial charge in [-0.25, -0.2) is 4.79 Å². The van der Waals surface area contributed by atoms with Crippen molar-refractivity contribution in [3.05, 3.63) is 34.9 Å². The maximum Gasteiger partial charge on any atom is 0.408 e. The third-order valence-corrected chi connectivity index (χ3v) is 6.57. The Labute approximate surface area is 225 Å². The van der Waals surface area contributed by atoms with Gasteiger partial charge in [0, 0.05) is 12.1 Å². The Hall–Kier alpha value is -2.57. The topological polar surface area (TPSA) is 87.7 Å². The van der Waals surface area contributed by atoms with Gasteiger partial charge >= 0.3 is 6.09 Å². The molecule has 3 amide bonds. The summed E-state index contributed by atoms with van der Waals surface area (Å²) in [6.07, 6.45) is 2.78. The molecule has 37 heavy (non-hydrogen) atoms. The van der Waals surface area contributed by atoms with E-state index in [2.05, 4.69) is 31.4 Å². The molecular formula is C30H51N3O4. The van der Waals surface area contributed by atoms with Gasteiger partial charge in [-0.1, -0.05) is 45.4 Å². The molecular weight excluding hydrogens is 466 g/mol. The lowest BCUT2D eigenvalue weighted by Gasteiger charge is -2.39. The van der Waals surface area contributed by atoms with E-state index in [4.69, 9.17) is 4.74 Å². The normalized spacial score (nSPS) is 14.9. The number of hydrogen-bond donors (Lipinski definition) is 2. The highest BCUT2D eigenvalue weighted by Crippen LogP contribution is 2.31. The Balaban J connectivity index is 3.55. The molecule has 4 unspecified atom stereocenters. The number of carbonyl (C=O) groups is 3. The second kappa shape index (κ2) is 14.4. The van der Waals surface area contributed by atoms with Crippen molar-refractivity contribution in [3.8, 4) is 0 Å². The van der Waals surface area contributed by atoms with Gasteiger partial charge in [0.25, 0.3) is 0 Å². The van der Waals surface area contributed by atoms with Crippen molar-refractivity contribution in [2.75, 3.05) is 0 Å². The second-order valence-electron chi connectivity index (χ2n) is 11.8. The Bertz CT molecular complexity index is 907. The van der Waals surface area contributed by atoms with Crippen LogP contribution in [0.3, 0.4) is 0 Å². The van der Waals surface area contributed by atoms with Crippen molar-refractivity contribution in [2.45, 2.75) is 132 Å². The summed E-state index contributed by atoms with van der Waals surface area (Å²) in [5.74, 6) is -0.0653. The van der Waals surface area contributed by atoms with Gasteiger partial charge in [0.15, 0.2) is 0 Å². The van der Waals surface area contributed by atoms with E-state index in [0.29, 0.717) is 5.92 Å². The summed E-state index contributed by atoms with van der Waals surface area (Å²) in [4.78, 5) is 42.1. The maximum atomic E-state index is 14.0. The lowest BCUT2D eigenvalue weighted by molar-refractivity contribution is -0.145. The van der Waals surface area contributed by atoms with Crippen LogP contribution in [0.15, 0.2) is 18.2 Å². The monoisotopic (exact) mass is 517 g/mol. The first-order valence-electron chi connectivity index (χ1n) is 13.8. The summed E-state index contributed by atoms with van der Waals surface area (Å²) in [5, 5.41) is 5.83. The fraction of sp³-hybridized carbons (Fsp3) is 0.700. The summed E-state index contributed by atoms with van der Waals surface area (Å²) in [7, 11) is 0. The van der Waals surface area contributed by atoms with Crippen LogP contribution in [-0.2, 0) is 14.3 Å². The molecule has 7 heteroatoms. The van der Waals surface area contributed by atoms with Crippen molar-refractivity contribution >= 4 is 17.9 Å². The van der Waals surface area contributed by atoms with Gasteiger partial charge < -0.3 is 20.3 Å². The molecule has 0 spiro atoms. The van der Waals surface area contributed by atoms with Crippen molar-refractivity contribution in [3.63, 3.8) is 0 Å².